The van der Waals surface area contributed by atoms with Crippen LogP contribution in [0.2, 0.25) is 0 Å². The van der Waals surface area contributed by atoms with Crippen LogP contribution in [0.15, 0.2) is 36.7 Å². The summed E-state index contributed by atoms with van der Waals surface area (Å²) in [5.74, 6) is 2.42. The van der Waals surface area contributed by atoms with Crippen molar-refractivity contribution in [2.45, 2.75) is 32.6 Å². The molecule has 110 valence electrons. The quantitative estimate of drug-likeness (QED) is 0.854. The highest BCUT2D eigenvalue weighted by molar-refractivity contribution is 5.43. The molecule has 0 radical (unpaired) electrons. The third-order valence-electron chi connectivity index (χ3n) is 3.87. The van der Waals surface area contributed by atoms with Gasteiger partial charge in [-0.2, -0.15) is 0 Å². The van der Waals surface area contributed by atoms with Crippen LogP contribution in [0.25, 0.3) is 0 Å². The maximum Gasteiger partial charge on any atom is 0.224 e. The monoisotopic (exact) mass is 283 g/mol. The summed E-state index contributed by atoms with van der Waals surface area (Å²) in [4.78, 5) is 11.0. The highest BCUT2D eigenvalue weighted by atomic mass is 16.5. The Labute approximate surface area is 125 Å². The van der Waals surface area contributed by atoms with E-state index in [0.29, 0.717) is 5.88 Å². The number of ether oxygens (including phenoxy) is 1. The van der Waals surface area contributed by atoms with E-state index in [-0.39, 0.29) is 0 Å². The Hall–Kier alpha value is -2.10. The number of aromatic nitrogens is 2. The number of hydrogen-bond acceptors (Lipinski definition) is 4. The van der Waals surface area contributed by atoms with Gasteiger partial charge in [-0.1, -0.05) is 31.0 Å². The van der Waals surface area contributed by atoms with Gasteiger partial charge >= 0.3 is 0 Å². The molecule has 1 aromatic carbocycles. The molecule has 4 heteroatoms. The van der Waals surface area contributed by atoms with E-state index >= 15 is 0 Å². The van der Waals surface area contributed by atoms with Gasteiger partial charge in [0.25, 0.3) is 0 Å². The van der Waals surface area contributed by atoms with Crippen molar-refractivity contribution in [2.75, 3.05) is 18.0 Å². The lowest BCUT2D eigenvalue weighted by Crippen LogP contribution is -2.24. The second-order valence-corrected chi connectivity index (χ2v) is 5.48. The van der Waals surface area contributed by atoms with E-state index in [4.69, 9.17) is 4.74 Å². The Morgan fingerprint density at radius 1 is 1.00 bits per heavy atom. The molecule has 0 amide bonds. The zero-order chi connectivity index (χ0) is 14.5. The maximum absolute atomic E-state index is 5.89. The van der Waals surface area contributed by atoms with Gasteiger partial charge in [0, 0.05) is 19.2 Å². The molecule has 4 nitrogen and oxygen atoms in total. The van der Waals surface area contributed by atoms with Crippen molar-refractivity contribution >= 4 is 5.82 Å². The van der Waals surface area contributed by atoms with Gasteiger partial charge < -0.3 is 9.64 Å². The molecule has 1 aromatic heterocycles. The van der Waals surface area contributed by atoms with Crippen LogP contribution in [0.4, 0.5) is 5.82 Å². The average molecular weight is 283 g/mol. The Morgan fingerprint density at radius 2 is 1.76 bits per heavy atom. The summed E-state index contributed by atoms with van der Waals surface area (Å²) in [6, 6.07) is 9.91. The van der Waals surface area contributed by atoms with Crippen molar-refractivity contribution in [2.24, 2.45) is 0 Å². The molecule has 2 aromatic rings. The molecular formula is C17H21N3O. The first-order valence-corrected chi connectivity index (χ1v) is 7.63. The lowest BCUT2D eigenvalue weighted by molar-refractivity contribution is 0.458. The van der Waals surface area contributed by atoms with Crippen molar-refractivity contribution < 1.29 is 4.74 Å². The van der Waals surface area contributed by atoms with E-state index in [9.17, 15) is 0 Å². The highest BCUT2D eigenvalue weighted by Gasteiger charge is 2.12. The van der Waals surface area contributed by atoms with Crippen LogP contribution in [-0.2, 0) is 0 Å². The third-order valence-corrected chi connectivity index (χ3v) is 3.87. The predicted molar refractivity (Wildman–Crippen MR) is 84.0 cm³/mol. The summed E-state index contributed by atoms with van der Waals surface area (Å²) < 4.78 is 5.89. The number of nitrogens with zero attached hydrogens (tertiary/aromatic N) is 3. The summed E-state index contributed by atoms with van der Waals surface area (Å²) in [6.07, 6.45) is 6.69. The largest absolute Gasteiger partial charge is 0.439 e. The van der Waals surface area contributed by atoms with E-state index in [1.807, 2.05) is 37.3 Å². The molecule has 1 fully saturated rings. The fourth-order valence-corrected chi connectivity index (χ4v) is 2.64. The van der Waals surface area contributed by atoms with Crippen LogP contribution in [0, 0.1) is 6.92 Å². The van der Waals surface area contributed by atoms with Crippen LogP contribution >= 0.6 is 0 Å². The Balaban J connectivity index is 1.78. The number of rotatable bonds is 3. The molecule has 0 bridgehead atoms. The Bertz CT molecular complexity index is 592. The zero-order valence-electron chi connectivity index (χ0n) is 12.5. The zero-order valence-corrected chi connectivity index (χ0v) is 12.5. The van der Waals surface area contributed by atoms with Crippen LogP contribution in [-0.4, -0.2) is 23.1 Å². The number of aryl methyl sites for hydroxylation is 1. The Kier molecular flexibility index (Phi) is 4.34. The molecule has 0 saturated carbocycles. The number of hydrogen-bond donors (Lipinski definition) is 0. The van der Waals surface area contributed by atoms with Crippen LogP contribution in [0.3, 0.4) is 0 Å². The van der Waals surface area contributed by atoms with Gasteiger partial charge in [-0.15, -0.1) is 0 Å². The molecule has 0 N–H and O–H groups in total. The van der Waals surface area contributed by atoms with Gasteiger partial charge in [0.2, 0.25) is 5.88 Å². The van der Waals surface area contributed by atoms with Crippen molar-refractivity contribution in [3.05, 3.63) is 42.2 Å². The summed E-state index contributed by atoms with van der Waals surface area (Å²) >= 11 is 0. The minimum Gasteiger partial charge on any atom is -0.439 e. The van der Waals surface area contributed by atoms with E-state index in [1.165, 1.54) is 25.7 Å². The van der Waals surface area contributed by atoms with E-state index < -0.39 is 0 Å². The lowest BCUT2D eigenvalue weighted by Gasteiger charge is -2.21. The first-order valence-electron chi connectivity index (χ1n) is 7.63. The minimum atomic E-state index is 0.610. The Morgan fingerprint density at radius 3 is 2.52 bits per heavy atom. The van der Waals surface area contributed by atoms with E-state index in [0.717, 1.165) is 30.2 Å². The van der Waals surface area contributed by atoms with Gasteiger partial charge in [-0.3, -0.25) is 0 Å². The van der Waals surface area contributed by atoms with Crippen molar-refractivity contribution in [1.29, 1.82) is 0 Å². The van der Waals surface area contributed by atoms with Gasteiger partial charge in [-0.05, 0) is 31.4 Å². The summed E-state index contributed by atoms with van der Waals surface area (Å²) in [6.45, 7) is 4.17. The van der Waals surface area contributed by atoms with Gasteiger partial charge in [0.15, 0.2) is 0 Å². The van der Waals surface area contributed by atoms with Gasteiger partial charge in [0.1, 0.15) is 17.9 Å². The molecule has 3 rings (SSSR count). The van der Waals surface area contributed by atoms with Gasteiger partial charge in [-0.25, -0.2) is 9.97 Å². The number of para-hydroxylation sites is 1. The van der Waals surface area contributed by atoms with Gasteiger partial charge in [0.05, 0.1) is 0 Å². The summed E-state index contributed by atoms with van der Waals surface area (Å²) in [7, 11) is 0. The first-order chi connectivity index (χ1) is 10.3. The molecule has 1 aliphatic rings. The molecule has 1 saturated heterocycles. The van der Waals surface area contributed by atoms with Crippen LogP contribution in [0.5, 0.6) is 11.6 Å². The second kappa shape index (κ2) is 6.57. The molecule has 0 unspecified atom stereocenters. The molecular weight excluding hydrogens is 262 g/mol. The SMILES string of the molecule is Cc1ccccc1Oc1cc(N2CCCCCC2)ncn1. The van der Waals surface area contributed by atoms with Crippen LogP contribution < -0.4 is 9.64 Å². The van der Waals surface area contributed by atoms with Crippen LogP contribution in [0.1, 0.15) is 31.2 Å². The van der Waals surface area contributed by atoms with Crippen molar-refractivity contribution in [3.8, 4) is 11.6 Å². The maximum atomic E-state index is 5.89. The lowest BCUT2D eigenvalue weighted by atomic mass is 10.2. The average Bonchev–Trinajstić information content (AvgIpc) is 2.79. The van der Waals surface area contributed by atoms with Crippen molar-refractivity contribution in [1.82, 2.24) is 9.97 Å². The standard InChI is InChI=1S/C17H21N3O/c1-14-8-4-5-9-15(14)21-17-12-16(18-13-19-17)20-10-6-2-3-7-11-20/h4-5,8-9,12-13H,2-3,6-7,10-11H2,1H3. The summed E-state index contributed by atoms with van der Waals surface area (Å²) in [5.41, 5.74) is 1.10. The van der Waals surface area contributed by atoms with E-state index in [1.54, 1.807) is 6.33 Å². The molecule has 2 heterocycles. The normalized spacial score (nSPS) is 15.6. The van der Waals surface area contributed by atoms with E-state index in [2.05, 4.69) is 14.9 Å². The fraction of sp³-hybridized carbons (Fsp3) is 0.412. The molecule has 21 heavy (non-hydrogen) atoms. The molecule has 0 spiro atoms. The molecule has 1 aliphatic heterocycles. The molecule has 0 aliphatic carbocycles. The minimum absolute atomic E-state index is 0.610. The number of benzene rings is 1. The smallest absolute Gasteiger partial charge is 0.224 e. The number of anilines is 1. The first kappa shape index (κ1) is 13.9. The third kappa shape index (κ3) is 3.51. The highest BCUT2D eigenvalue weighted by Crippen LogP contribution is 2.25. The van der Waals surface area contributed by atoms with Crippen molar-refractivity contribution in [3.63, 3.8) is 0 Å². The fourth-order valence-electron chi connectivity index (χ4n) is 2.64. The second-order valence-electron chi connectivity index (χ2n) is 5.48. The topological polar surface area (TPSA) is 38.2 Å². The summed E-state index contributed by atoms with van der Waals surface area (Å²) in [5, 5.41) is 0. The molecule has 0 atom stereocenters. The predicted octanol–water partition coefficient (Wildman–Crippen LogP) is 3.96.